The second-order valence-electron chi connectivity index (χ2n) is 7.52. The van der Waals surface area contributed by atoms with Crippen LogP contribution in [0.2, 0.25) is 10.0 Å². The molecular formula is C22H26Cl2N2O4S. The Kier molecular flexibility index (Phi) is 7.86. The van der Waals surface area contributed by atoms with Crippen molar-refractivity contribution in [1.29, 1.82) is 0 Å². The van der Waals surface area contributed by atoms with E-state index in [1.807, 2.05) is 13.8 Å². The molecule has 1 fully saturated rings. The van der Waals surface area contributed by atoms with Crippen LogP contribution in [0.15, 0.2) is 41.3 Å². The van der Waals surface area contributed by atoms with Crippen molar-refractivity contribution in [3.8, 4) is 5.75 Å². The molecule has 0 bridgehead atoms. The number of ether oxygens (including phenoxy) is 1. The smallest absolute Gasteiger partial charge is 0.243 e. The summed E-state index contributed by atoms with van der Waals surface area (Å²) in [6, 6.07) is 9.94. The molecule has 0 saturated carbocycles. The van der Waals surface area contributed by atoms with Gasteiger partial charge >= 0.3 is 0 Å². The predicted octanol–water partition coefficient (Wildman–Crippen LogP) is 4.42. The Hall–Kier alpha value is -1.80. The highest BCUT2D eigenvalue weighted by Crippen LogP contribution is 2.28. The van der Waals surface area contributed by atoms with Crippen LogP contribution in [-0.2, 0) is 21.4 Å². The van der Waals surface area contributed by atoms with Crippen LogP contribution in [0, 0.1) is 12.8 Å². The lowest BCUT2D eigenvalue weighted by atomic mass is 9.99. The van der Waals surface area contributed by atoms with E-state index in [0.717, 1.165) is 11.1 Å². The number of nitrogens with one attached hydrogen (secondary N) is 1. The van der Waals surface area contributed by atoms with Gasteiger partial charge in [-0.15, -0.1) is 0 Å². The number of amides is 1. The normalized spacial score (nSPS) is 17.4. The lowest BCUT2D eigenvalue weighted by Gasteiger charge is -2.31. The molecule has 0 aliphatic carbocycles. The minimum absolute atomic E-state index is 0.148. The van der Waals surface area contributed by atoms with Crippen molar-refractivity contribution in [1.82, 2.24) is 9.62 Å². The summed E-state index contributed by atoms with van der Waals surface area (Å²) >= 11 is 12.1. The average molecular weight is 485 g/mol. The number of halogens is 2. The molecule has 31 heavy (non-hydrogen) atoms. The summed E-state index contributed by atoms with van der Waals surface area (Å²) in [5.41, 5.74) is 1.51. The topological polar surface area (TPSA) is 75.7 Å². The van der Waals surface area contributed by atoms with Crippen molar-refractivity contribution < 1.29 is 17.9 Å². The van der Waals surface area contributed by atoms with Gasteiger partial charge in [0.25, 0.3) is 0 Å². The van der Waals surface area contributed by atoms with Crippen LogP contribution in [0.1, 0.15) is 30.9 Å². The Balaban J connectivity index is 1.67. The van der Waals surface area contributed by atoms with Gasteiger partial charge < -0.3 is 10.1 Å². The number of hydrogen-bond donors (Lipinski definition) is 1. The Morgan fingerprint density at radius 1 is 1.23 bits per heavy atom. The molecule has 1 saturated heterocycles. The van der Waals surface area contributed by atoms with Crippen LogP contribution >= 0.6 is 23.2 Å². The van der Waals surface area contributed by atoms with E-state index in [9.17, 15) is 13.2 Å². The third kappa shape index (κ3) is 5.71. The van der Waals surface area contributed by atoms with E-state index in [1.165, 1.54) is 4.31 Å². The first-order valence-electron chi connectivity index (χ1n) is 10.2. The summed E-state index contributed by atoms with van der Waals surface area (Å²) in [7, 11) is -3.70. The van der Waals surface area contributed by atoms with E-state index in [2.05, 4.69) is 5.32 Å². The van der Waals surface area contributed by atoms with Crippen molar-refractivity contribution in [2.75, 3.05) is 19.7 Å². The van der Waals surface area contributed by atoms with Gasteiger partial charge in [0.05, 0.1) is 17.4 Å². The number of benzene rings is 2. The van der Waals surface area contributed by atoms with E-state index in [1.54, 1.807) is 36.4 Å². The fraction of sp³-hybridized carbons (Fsp3) is 0.409. The molecule has 0 spiro atoms. The first kappa shape index (κ1) is 23.9. The summed E-state index contributed by atoms with van der Waals surface area (Å²) in [6.45, 7) is 5.01. The van der Waals surface area contributed by atoms with Crippen LogP contribution in [0.5, 0.6) is 5.75 Å². The standard InChI is InChI=1S/C22H26Cl2N2O4S/c1-3-30-21-9-8-19(11-15(21)2)31(28,29)26-10-4-5-17(14-26)22(27)25-13-16-6-7-18(23)12-20(16)24/h6-9,11-12,17H,3-5,10,13-14H2,1-2H3,(H,25,27)/t17-/m0/s1. The minimum atomic E-state index is -3.70. The molecule has 1 amide bonds. The van der Waals surface area contributed by atoms with Gasteiger partial charge in [0.15, 0.2) is 0 Å². The highest BCUT2D eigenvalue weighted by Gasteiger charge is 2.33. The monoisotopic (exact) mass is 484 g/mol. The molecule has 2 aromatic carbocycles. The quantitative estimate of drug-likeness (QED) is 0.630. The van der Waals surface area contributed by atoms with E-state index >= 15 is 0 Å². The maximum absolute atomic E-state index is 13.2. The van der Waals surface area contributed by atoms with Gasteiger partial charge in [0, 0.05) is 29.7 Å². The van der Waals surface area contributed by atoms with E-state index in [4.69, 9.17) is 27.9 Å². The molecule has 1 aliphatic heterocycles. The number of rotatable bonds is 7. The fourth-order valence-corrected chi connectivity index (χ4v) is 5.70. The van der Waals surface area contributed by atoms with Crippen LogP contribution in [0.4, 0.5) is 0 Å². The average Bonchev–Trinajstić information content (AvgIpc) is 2.74. The molecule has 1 heterocycles. The molecule has 0 aromatic heterocycles. The van der Waals surface area contributed by atoms with Crippen LogP contribution in [0.25, 0.3) is 0 Å². The van der Waals surface area contributed by atoms with Crippen molar-refractivity contribution in [2.45, 2.75) is 38.1 Å². The van der Waals surface area contributed by atoms with Gasteiger partial charge in [-0.3, -0.25) is 4.79 Å². The minimum Gasteiger partial charge on any atom is -0.494 e. The summed E-state index contributed by atoms with van der Waals surface area (Å²) in [6.07, 6.45) is 1.25. The van der Waals surface area contributed by atoms with Gasteiger partial charge in [0.2, 0.25) is 15.9 Å². The number of carbonyl (C=O) groups excluding carboxylic acids is 1. The Labute approximate surface area is 193 Å². The zero-order chi connectivity index (χ0) is 22.6. The largest absolute Gasteiger partial charge is 0.494 e. The molecular weight excluding hydrogens is 459 g/mol. The second-order valence-corrected chi connectivity index (χ2v) is 10.3. The molecule has 2 aromatic rings. The van der Waals surface area contributed by atoms with Crippen molar-refractivity contribution in [3.63, 3.8) is 0 Å². The molecule has 1 N–H and O–H groups in total. The predicted molar refractivity (Wildman–Crippen MR) is 122 cm³/mol. The van der Waals surface area contributed by atoms with Gasteiger partial charge in [-0.25, -0.2) is 8.42 Å². The van der Waals surface area contributed by atoms with Gasteiger partial charge in [-0.2, -0.15) is 4.31 Å². The number of nitrogens with zero attached hydrogens (tertiary/aromatic N) is 1. The molecule has 3 rings (SSSR count). The molecule has 0 radical (unpaired) electrons. The molecule has 1 aliphatic rings. The number of piperidine rings is 1. The lowest BCUT2D eigenvalue weighted by Crippen LogP contribution is -2.45. The van der Waals surface area contributed by atoms with Gasteiger partial charge in [0.1, 0.15) is 5.75 Å². The summed E-state index contributed by atoms with van der Waals surface area (Å²) in [5.74, 6) is 0.0606. The van der Waals surface area contributed by atoms with Crippen LogP contribution < -0.4 is 10.1 Å². The number of carbonyl (C=O) groups is 1. The van der Waals surface area contributed by atoms with Crippen molar-refractivity contribution in [3.05, 3.63) is 57.6 Å². The highest BCUT2D eigenvalue weighted by molar-refractivity contribution is 7.89. The first-order valence-corrected chi connectivity index (χ1v) is 12.4. The van der Waals surface area contributed by atoms with Crippen LogP contribution in [0.3, 0.4) is 0 Å². The molecule has 9 heteroatoms. The summed E-state index contributed by atoms with van der Waals surface area (Å²) in [5, 5.41) is 3.87. The summed E-state index contributed by atoms with van der Waals surface area (Å²) in [4.78, 5) is 12.9. The van der Waals surface area contributed by atoms with Crippen molar-refractivity contribution in [2.24, 2.45) is 5.92 Å². The lowest BCUT2D eigenvalue weighted by molar-refractivity contribution is -0.126. The van der Waals surface area contributed by atoms with Gasteiger partial charge in [-0.05, 0) is 68.1 Å². The first-order chi connectivity index (χ1) is 14.7. The maximum Gasteiger partial charge on any atom is 0.243 e. The van der Waals surface area contributed by atoms with Gasteiger partial charge in [-0.1, -0.05) is 29.3 Å². The summed E-state index contributed by atoms with van der Waals surface area (Å²) < 4.78 is 33.2. The van der Waals surface area contributed by atoms with E-state index < -0.39 is 15.9 Å². The zero-order valence-corrected chi connectivity index (χ0v) is 19.9. The molecule has 0 unspecified atom stereocenters. The highest BCUT2D eigenvalue weighted by atomic mass is 35.5. The molecule has 168 valence electrons. The fourth-order valence-electron chi connectivity index (χ4n) is 3.62. The Morgan fingerprint density at radius 3 is 2.68 bits per heavy atom. The number of sulfonamides is 1. The maximum atomic E-state index is 13.2. The molecule has 6 nitrogen and oxygen atoms in total. The second kappa shape index (κ2) is 10.2. The number of hydrogen-bond acceptors (Lipinski definition) is 4. The number of aryl methyl sites for hydroxylation is 1. The Morgan fingerprint density at radius 2 is 2.00 bits per heavy atom. The zero-order valence-electron chi connectivity index (χ0n) is 17.5. The molecule has 1 atom stereocenters. The van der Waals surface area contributed by atoms with Crippen molar-refractivity contribution >= 4 is 39.1 Å². The van der Waals surface area contributed by atoms with Crippen LogP contribution in [-0.4, -0.2) is 38.3 Å². The van der Waals surface area contributed by atoms with E-state index in [-0.39, 0.29) is 23.9 Å². The Bertz CT molecular complexity index is 1060. The third-order valence-corrected chi connectivity index (χ3v) is 7.76. The van der Waals surface area contributed by atoms with E-state index in [0.29, 0.717) is 41.8 Å². The SMILES string of the molecule is CCOc1ccc(S(=O)(=O)N2CCC[C@H](C(=O)NCc3ccc(Cl)cc3Cl)C2)cc1C. The third-order valence-electron chi connectivity index (χ3n) is 5.31.